The predicted molar refractivity (Wildman–Crippen MR) is 108 cm³/mol. The van der Waals surface area contributed by atoms with Gasteiger partial charge in [0.1, 0.15) is 17.3 Å². The first-order valence-corrected chi connectivity index (χ1v) is 10.6. The lowest BCUT2D eigenvalue weighted by atomic mass is 10.0. The second-order valence-electron chi connectivity index (χ2n) is 8.83. The third-order valence-electron chi connectivity index (χ3n) is 6.29. The molecular formula is C21H31N5O2. The van der Waals surface area contributed by atoms with Gasteiger partial charge in [-0.3, -0.25) is 9.59 Å². The molecule has 1 atom stereocenters. The molecule has 1 aliphatic carbocycles. The molecule has 2 aliphatic heterocycles. The highest BCUT2D eigenvalue weighted by Gasteiger charge is 2.36. The molecule has 3 heterocycles. The fourth-order valence-corrected chi connectivity index (χ4v) is 4.84. The third kappa shape index (κ3) is 3.59. The molecule has 3 aliphatic rings. The Morgan fingerprint density at radius 3 is 2.68 bits per heavy atom. The van der Waals surface area contributed by atoms with Gasteiger partial charge >= 0.3 is 0 Å². The van der Waals surface area contributed by atoms with E-state index in [-0.39, 0.29) is 11.8 Å². The van der Waals surface area contributed by atoms with Crippen molar-refractivity contribution in [1.29, 1.82) is 0 Å². The number of fused-ring (bicyclic) bond motifs is 1. The molecule has 1 saturated carbocycles. The average Bonchev–Trinajstić information content (AvgIpc) is 3.30. The Morgan fingerprint density at radius 2 is 1.96 bits per heavy atom. The van der Waals surface area contributed by atoms with Crippen molar-refractivity contribution < 1.29 is 9.59 Å². The minimum Gasteiger partial charge on any atom is -0.359 e. The van der Waals surface area contributed by atoms with Gasteiger partial charge in [0.15, 0.2) is 0 Å². The van der Waals surface area contributed by atoms with Crippen LogP contribution in [0.5, 0.6) is 0 Å². The number of hydrogen-bond acceptors (Lipinski definition) is 5. The van der Waals surface area contributed by atoms with Crippen LogP contribution in [0, 0.1) is 5.92 Å². The Hall–Kier alpha value is -2.18. The van der Waals surface area contributed by atoms with E-state index in [9.17, 15) is 9.59 Å². The van der Waals surface area contributed by atoms with Gasteiger partial charge in [0.2, 0.25) is 5.91 Å². The number of nitrogens with zero attached hydrogens (tertiary/aromatic N) is 4. The summed E-state index contributed by atoms with van der Waals surface area (Å²) >= 11 is 0. The summed E-state index contributed by atoms with van der Waals surface area (Å²) in [5.41, 5.74) is 1.45. The second-order valence-corrected chi connectivity index (χ2v) is 8.83. The summed E-state index contributed by atoms with van der Waals surface area (Å²) in [4.78, 5) is 38.5. The van der Waals surface area contributed by atoms with E-state index in [2.05, 4.69) is 20.1 Å². The molecule has 2 amide bonds. The van der Waals surface area contributed by atoms with E-state index in [4.69, 9.17) is 4.98 Å². The van der Waals surface area contributed by atoms with Gasteiger partial charge in [-0.2, -0.15) is 0 Å². The van der Waals surface area contributed by atoms with Crippen molar-refractivity contribution in [2.24, 2.45) is 5.92 Å². The zero-order valence-corrected chi connectivity index (χ0v) is 17.2. The minimum absolute atomic E-state index is 0.108. The van der Waals surface area contributed by atoms with Crippen LogP contribution in [-0.4, -0.2) is 59.4 Å². The minimum atomic E-state index is -0.108. The number of aromatic nitrogens is 2. The molecule has 7 nitrogen and oxygen atoms in total. The van der Waals surface area contributed by atoms with Crippen LogP contribution in [0.25, 0.3) is 0 Å². The first kappa shape index (κ1) is 19.2. The van der Waals surface area contributed by atoms with Crippen molar-refractivity contribution in [3.05, 3.63) is 17.1 Å². The van der Waals surface area contributed by atoms with Crippen LogP contribution in [0.3, 0.4) is 0 Å². The topological polar surface area (TPSA) is 78.4 Å². The molecule has 28 heavy (non-hydrogen) atoms. The smallest absolute Gasteiger partial charge is 0.270 e. The van der Waals surface area contributed by atoms with Crippen LogP contribution >= 0.6 is 0 Å². The highest BCUT2D eigenvalue weighted by atomic mass is 16.2. The number of nitrogens with one attached hydrogen (secondary N) is 1. The number of carbonyl (C=O) groups is 2. The number of carbonyl (C=O) groups excluding carboxylic acids is 2. The fraction of sp³-hybridized carbons (Fsp3) is 0.714. The SMILES string of the molecule is CC(C)c1nc2c(c(N(C)CC3CC(=O)N(C4CCCC4)C3)n1)CCNC2=O. The highest BCUT2D eigenvalue weighted by Crippen LogP contribution is 2.31. The lowest BCUT2D eigenvalue weighted by Gasteiger charge is -2.28. The lowest BCUT2D eigenvalue weighted by Crippen LogP contribution is -2.37. The van der Waals surface area contributed by atoms with Crippen LogP contribution in [-0.2, 0) is 11.2 Å². The van der Waals surface area contributed by atoms with Gasteiger partial charge in [0.25, 0.3) is 5.91 Å². The van der Waals surface area contributed by atoms with Crippen molar-refractivity contribution in [1.82, 2.24) is 20.2 Å². The summed E-state index contributed by atoms with van der Waals surface area (Å²) in [6.45, 7) is 6.33. The first-order chi connectivity index (χ1) is 13.4. The number of amides is 2. The molecule has 0 radical (unpaired) electrons. The molecule has 152 valence electrons. The predicted octanol–water partition coefficient (Wildman–Crippen LogP) is 2.11. The molecule has 0 aromatic carbocycles. The molecule has 0 bridgehead atoms. The number of rotatable bonds is 5. The van der Waals surface area contributed by atoms with Crippen molar-refractivity contribution in [3.8, 4) is 0 Å². The molecule has 1 unspecified atom stereocenters. The summed E-state index contributed by atoms with van der Waals surface area (Å²) in [7, 11) is 2.03. The normalized spacial score (nSPS) is 22.7. The van der Waals surface area contributed by atoms with E-state index in [1.165, 1.54) is 12.8 Å². The quantitative estimate of drug-likeness (QED) is 0.840. The van der Waals surface area contributed by atoms with Gasteiger partial charge in [0.05, 0.1) is 0 Å². The van der Waals surface area contributed by atoms with Crippen molar-refractivity contribution in [2.45, 2.75) is 64.3 Å². The highest BCUT2D eigenvalue weighted by molar-refractivity contribution is 5.96. The Morgan fingerprint density at radius 1 is 1.21 bits per heavy atom. The van der Waals surface area contributed by atoms with Crippen molar-refractivity contribution in [2.75, 3.05) is 31.6 Å². The van der Waals surface area contributed by atoms with E-state index < -0.39 is 0 Å². The number of likely N-dealkylation sites (tertiary alicyclic amines) is 1. The average molecular weight is 386 g/mol. The van der Waals surface area contributed by atoms with E-state index >= 15 is 0 Å². The number of anilines is 1. The largest absolute Gasteiger partial charge is 0.359 e. The molecule has 7 heteroatoms. The van der Waals surface area contributed by atoms with E-state index in [0.717, 1.165) is 43.7 Å². The summed E-state index contributed by atoms with van der Waals surface area (Å²) in [6, 6.07) is 0.450. The molecular weight excluding hydrogens is 354 g/mol. The molecule has 2 fully saturated rings. The molecule has 1 saturated heterocycles. The van der Waals surface area contributed by atoms with Crippen LogP contribution in [0.15, 0.2) is 0 Å². The summed E-state index contributed by atoms with van der Waals surface area (Å²) in [5.74, 6) is 2.21. The zero-order valence-electron chi connectivity index (χ0n) is 17.2. The van der Waals surface area contributed by atoms with Crippen LogP contribution in [0.2, 0.25) is 0 Å². The van der Waals surface area contributed by atoms with E-state index in [1.54, 1.807) is 0 Å². The second kappa shape index (κ2) is 7.68. The molecule has 0 spiro atoms. The van der Waals surface area contributed by atoms with Crippen LogP contribution < -0.4 is 10.2 Å². The lowest BCUT2D eigenvalue weighted by molar-refractivity contribution is -0.129. The van der Waals surface area contributed by atoms with Crippen molar-refractivity contribution in [3.63, 3.8) is 0 Å². The maximum absolute atomic E-state index is 12.5. The standard InChI is InChI=1S/C21H31N5O2/c1-13(2)19-23-18-16(8-9-22-21(18)28)20(24-19)25(3)11-14-10-17(27)26(12-14)15-6-4-5-7-15/h13-15H,4-12H2,1-3H3,(H,22,28). The summed E-state index contributed by atoms with van der Waals surface area (Å²) in [6.07, 6.45) is 6.15. The third-order valence-corrected chi connectivity index (χ3v) is 6.29. The number of hydrogen-bond donors (Lipinski definition) is 1. The Balaban J connectivity index is 1.54. The van der Waals surface area contributed by atoms with E-state index in [0.29, 0.717) is 42.4 Å². The van der Waals surface area contributed by atoms with Crippen LogP contribution in [0.4, 0.5) is 5.82 Å². The summed E-state index contributed by atoms with van der Waals surface area (Å²) < 4.78 is 0. The fourth-order valence-electron chi connectivity index (χ4n) is 4.84. The molecule has 1 aromatic rings. The molecule has 1 aromatic heterocycles. The van der Waals surface area contributed by atoms with Crippen LogP contribution in [0.1, 0.15) is 73.7 Å². The van der Waals surface area contributed by atoms with E-state index in [1.807, 2.05) is 20.9 Å². The maximum atomic E-state index is 12.5. The monoisotopic (exact) mass is 385 g/mol. The van der Waals surface area contributed by atoms with Gasteiger partial charge in [-0.05, 0) is 19.3 Å². The van der Waals surface area contributed by atoms with Gasteiger partial charge in [-0.1, -0.05) is 26.7 Å². The molecule has 1 N–H and O–H groups in total. The van der Waals surface area contributed by atoms with Gasteiger partial charge in [-0.25, -0.2) is 9.97 Å². The Bertz CT molecular complexity index is 772. The van der Waals surface area contributed by atoms with Gasteiger partial charge in [-0.15, -0.1) is 0 Å². The van der Waals surface area contributed by atoms with Crippen molar-refractivity contribution >= 4 is 17.6 Å². The van der Waals surface area contributed by atoms with Gasteiger partial charge < -0.3 is 15.1 Å². The Labute approximate surface area is 166 Å². The first-order valence-electron chi connectivity index (χ1n) is 10.6. The molecule has 4 rings (SSSR count). The maximum Gasteiger partial charge on any atom is 0.270 e. The summed E-state index contributed by atoms with van der Waals surface area (Å²) in [5, 5.41) is 2.89. The Kier molecular flexibility index (Phi) is 5.25. The van der Waals surface area contributed by atoms with Gasteiger partial charge in [0, 0.05) is 56.5 Å². The zero-order chi connectivity index (χ0) is 19.8.